The largest absolute Gasteiger partial charge is 0.478 e. The Balaban J connectivity index is 1.49. The topological polar surface area (TPSA) is 66.3 Å². The molecule has 2 heterocycles. The molecular weight excluding hydrogens is 278 g/mol. The zero-order chi connectivity index (χ0) is 15.4. The number of piperidine rings is 1. The summed E-state index contributed by atoms with van der Waals surface area (Å²) in [6.07, 6.45) is 12.1. The third-order valence-electron chi connectivity index (χ3n) is 5.11. The van der Waals surface area contributed by atoms with Crippen LogP contribution < -0.4 is 0 Å². The molecular formula is C17H25N3O2. The van der Waals surface area contributed by atoms with Crippen molar-refractivity contribution in [2.75, 3.05) is 19.6 Å². The van der Waals surface area contributed by atoms with Gasteiger partial charge in [0.05, 0.1) is 5.56 Å². The van der Waals surface area contributed by atoms with Gasteiger partial charge in [-0.3, -0.25) is 0 Å². The Morgan fingerprint density at radius 3 is 2.32 bits per heavy atom. The highest BCUT2D eigenvalue weighted by Crippen LogP contribution is 2.29. The molecule has 2 fully saturated rings. The lowest BCUT2D eigenvalue weighted by molar-refractivity contribution is 0.0695. The molecule has 3 rings (SSSR count). The fraction of sp³-hybridized carbons (Fsp3) is 0.706. The van der Waals surface area contributed by atoms with Gasteiger partial charge in [0.25, 0.3) is 0 Å². The lowest BCUT2D eigenvalue weighted by Gasteiger charge is -2.34. The Hall–Kier alpha value is -1.49. The number of hydrogen-bond acceptors (Lipinski definition) is 4. The summed E-state index contributed by atoms with van der Waals surface area (Å²) >= 11 is 0. The van der Waals surface area contributed by atoms with E-state index in [-0.39, 0.29) is 5.56 Å². The number of aromatic nitrogens is 2. The predicted octanol–water partition coefficient (Wildman–Crippen LogP) is 2.93. The van der Waals surface area contributed by atoms with Crippen LogP contribution >= 0.6 is 0 Å². The van der Waals surface area contributed by atoms with Gasteiger partial charge in [-0.2, -0.15) is 0 Å². The number of nitrogens with zero attached hydrogens (tertiary/aromatic N) is 3. The molecule has 0 atom stereocenters. The summed E-state index contributed by atoms with van der Waals surface area (Å²) in [4.78, 5) is 21.9. The summed E-state index contributed by atoms with van der Waals surface area (Å²) in [7, 11) is 0. The quantitative estimate of drug-likeness (QED) is 0.926. The molecule has 0 radical (unpaired) electrons. The molecule has 1 saturated heterocycles. The van der Waals surface area contributed by atoms with Crippen LogP contribution in [-0.4, -0.2) is 45.6 Å². The van der Waals surface area contributed by atoms with Crippen LogP contribution in [-0.2, 0) is 0 Å². The molecule has 22 heavy (non-hydrogen) atoms. The highest BCUT2D eigenvalue weighted by molar-refractivity contribution is 5.86. The van der Waals surface area contributed by atoms with Crippen LogP contribution in [0.5, 0.6) is 0 Å². The maximum absolute atomic E-state index is 10.8. The molecule has 0 spiro atoms. The van der Waals surface area contributed by atoms with E-state index in [9.17, 15) is 4.79 Å². The van der Waals surface area contributed by atoms with Gasteiger partial charge < -0.3 is 10.0 Å². The number of hydrogen-bond donors (Lipinski definition) is 1. The molecule has 1 aliphatic carbocycles. The molecule has 1 aliphatic heterocycles. The Morgan fingerprint density at radius 2 is 1.73 bits per heavy atom. The van der Waals surface area contributed by atoms with Gasteiger partial charge in [-0.1, -0.05) is 19.3 Å². The molecule has 2 aliphatic rings. The third-order valence-corrected chi connectivity index (χ3v) is 5.11. The number of carbonyl (C=O) groups is 1. The van der Waals surface area contributed by atoms with Crippen molar-refractivity contribution in [3.8, 4) is 0 Å². The zero-order valence-electron chi connectivity index (χ0n) is 13.1. The summed E-state index contributed by atoms with van der Waals surface area (Å²) in [5.74, 6) is 1.12. The SMILES string of the molecule is O=C(O)c1cnc(C2CCN(CC3CCCCC3)CC2)nc1. The van der Waals surface area contributed by atoms with Crippen LogP contribution in [0.2, 0.25) is 0 Å². The van der Waals surface area contributed by atoms with Crippen molar-refractivity contribution in [1.29, 1.82) is 0 Å². The van der Waals surface area contributed by atoms with E-state index in [4.69, 9.17) is 5.11 Å². The zero-order valence-corrected chi connectivity index (χ0v) is 13.1. The van der Waals surface area contributed by atoms with Crippen LogP contribution in [0.3, 0.4) is 0 Å². The third kappa shape index (κ3) is 3.83. The molecule has 1 aromatic heterocycles. The van der Waals surface area contributed by atoms with Gasteiger partial charge >= 0.3 is 5.97 Å². The summed E-state index contributed by atoms with van der Waals surface area (Å²) in [5, 5.41) is 8.89. The highest BCUT2D eigenvalue weighted by atomic mass is 16.4. The number of carboxylic acid groups (broad SMARTS) is 1. The first-order valence-electron chi connectivity index (χ1n) is 8.50. The Labute approximate surface area is 131 Å². The first-order chi connectivity index (χ1) is 10.7. The molecule has 1 aromatic rings. The van der Waals surface area contributed by atoms with Gasteiger partial charge in [0.1, 0.15) is 5.82 Å². The molecule has 0 amide bonds. The molecule has 0 bridgehead atoms. The fourth-order valence-corrected chi connectivity index (χ4v) is 3.77. The van der Waals surface area contributed by atoms with Crippen molar-refractivity contribution in [2.24, 2.45) is 5.92 Å². The number of carboxylic acids is 1. The standard InChI is InChI=1S/C17H25N3O2/c21-17(22)15-10-18-16(19-11-15)14-6-8-20(9-7-14)12-13-4-2-1-3-5-13/h10-11,13-14H,1-9,12H2,(H,21,22). The minimum absolute atomic E-state index is 0.165. The number of likely N-dealkylation sites (tertiary alicyclic amines) is 1. The first kappa shape index (κ1) is 15.4. The smallest absolute Gasteiger partial charge is 0.338 e. The second-order valence-corrected chi connectivity index (χ2v) is 6.71. The highest BCUT2D eigenvalue weighted by Gasteiger charge is 2.25. The lowest BCUT2D eigenvalue weighted by Crippen LogP contribution is -2.37. The van der Waals surface area contributed by atoms with E-state index in [0.29, 0.717) is 5.92 Å². The Bertz CT molecular complexity index is 489. The molecule has 1 saturated carbocycles. The van der Waals surface area contributed by atoms with E-state index < -0.39 is 5.97 Å². The van der Waals surface area contributed by atoms with E-state index in [2.05, 4.69) is 14.9 Å². The van der Waals surface area contributed by atoms with Crippen LogP contribution in [0.15, 0.2) is 12.4 Å². The van der Waals surface area contributed by atoms with E-state index in [1.54, 1.807) is 0 Å². The van der Waals surface area contributed by atoms with Gasteiger partial charge in [0.2, 0.25) is 0 Å². The van der Waals surface area contributed by atoms with Crippen molar-refractivity contribution in [3.63, 3.8) is 0 Å². The van der Waals surface area contributed by atoms with E-state index in [1.165, 1.54) is 51.0 Å². The monoisotopic (exact) mass is 303 g/mol. The molecule has 120 valence electrons. The van der Waals surface area contributed by atoms with Gasteiger partial charge in [-0.05, 0) is 44.7 Å². The second-order valence-electron chi connectivity index (χ2n) is 6.71. The van der Waals surface area contributed by atoms with Crippen molar-refractivity contribution < 1.29 is 9.90 Å². The van der Waals surface area contributed by atoms with Crippen molar-refractivity contribution in [1.82, 2.24) is 14.9 Å². The second kappa shape index (κ2) is 7.18. The van der Waals surface area contributed by atoms with Crippen LogP contribution in [0.1, 0.15) is 67.0 Å². The van der Waals surface area contributed by atoms with Gasteiger partial charge in [-0.25, -0.2) is 14.8 Å². The average Bonchev–Trinajstić information content (AvgIpc) is 2.57. The van der Waals surface area contributed by atoms with Gasteiger partial charge in [-0.15, -0.1) is 0 Å². The van der Waals surface area contributed by atoms with Crippen molar-refractivity contribution in [2.45, 2.75) is 50.9 Å². The van der Waals surface area contributed by atoms with Crippen LogP contribution in [0.25, 0.3) is 0 Å². The molecule has 5 nitrogen and oxygen atoms in total. The lowest BCUT2D eigenvalue weighted by atomic mass is 9.88. The van der Waals surface area contributed by atoms with Crippen molar-refractivity contribution >= 4 is 5.97 Å². The number of rotatable bonds is 4. The van der Waals surface area contributed by atoms with Gasteiger partial charge in [0, 0.05) is 24.9 Å². The Kier molecular flexibility index (Phi) is 5.03. The summed E-state index contributed by atoms with van der Waals surface area (Å²) in [5.41, 5.74) is 0.165. The maximum atomic E-state index is 10.8. The molecule has 0 aromatic carbocycles. The summed E-state index contributed by atoms with van der Waals surface area (Å²) in [6, 6.07) is 0. The minimum atomic E-state index is -0.964. The first-order valence-corrected chi connectivity index (χ1v) is 8.50. The average molecular weight is 303 g/mol. The summed E-state index contributed by atoms with van der Waals surface area (Å²) in [6.45, 7) is 3.49. The molecule has 1 N–H and O–H groups in total. The maximum Gasteiger partial charge on any atom is 0.338 e. The van der Waals surface area contributed by atoms with Crippen LogP contribution in [0, 0.1) is 5.92 Å². The minimum Gasteiger partial charge on any atom is -0.478 e. The van der Waals surface area contributed by atoms with Crippen LogP contribution in [0.4, 0.5) is 0 Å². The van der Waals surface area contributed by atoms with E-state index >= 15 is 0 Å². The predicted molar refractivity (Wildman–Crippen MR) is 84.0 cm³/mol. The fourth-order valence-electron chi connectivity index (χ4n) is 3.77. The summed E-state index contributed by atoms with van der Waals surface area (Å²) < 4.78 is 0. The van der Waals surface area contributed by atoms with E-state index in [1.807, 2.05) is 0 Å². The number of aromatic carboxylic acids is 1. The Morgan fingerprint density at radius 1 is 1.09 bits per heavy atom. The van der Waals surface area contributed by atoms with Gasteiger partial charge in [0.15, 0.2) is 0 Å². The normalized spacial score (nSPS) is 21.8. The van der Waals surface area contributed by atoms with Crippen molar-refractivity contribution in [3.05, 3.63) is 23.8 Å². The molecule has 0 unspecified atom stereocenters. The van der Waals surface area contributed by atoms with E-state index in [0.717, 1.165) is 37.7 Å². The molecule has 5 heteroatoms.